The highest BCUT2D eigenvalue weighted by Gasteiger charge is 2.23. The monoisotopic (exact) mass is 321 g/mol. The van der Waals surface area contributed by atoms with Crippen molar-refractivity contribution in [2.75, 3.05) is 5.32 Å². The molecule has 1 heterocycles. The first-order valence-electron chi connectivity index (χ1n) is 6.98. The van der Waals surface area contributed by atoms with Crippen molar-refractivity contribution in [2.45, 2.75) is 33.1 Å². The zero-order valence-corrected chi connectivity index (χ0v) is 13.3. The molecule has 0 aliphatic rings. The first kappa shape index (κ1) is 16.8. The van der Waals surface area contributed by atoms with Gasteiger partial charge in [0.2, 0.25) is 0 Å². The van der Waals surface area contributed by atoms with Crippen LogP contribution in [0.4, 0.5) is 14.5 Å². The number of nitrogens with zero attached hydrogens (tertiary/aromatic N) is 1. The SMILES string of the molecule is Cc1nc(C(C)(C)C)[nH]c(=O)c1C(=O)Nc1cccc(F)c1F. The first-order valence-corrected chi connectivity index (χ1v) is 6.98. The van der Waals surface area contributed by atoms with E-state index in [0.717, 1.165) is 6.07 Å². The van der Waals surface area contributed by atoms with Gasteiger partial charge in [-0.1, -0.05) is 26.8 Å². The van der Waals surface area contributed by atoms with Gasteiger partial charge in [0.1, 0.15) is 11.4 Å². The molecule has 0 unspecified atom stereocenters. The highest BCUT2D eigenvalue weighted by Crippen LogP contribution is 2.19. The lowest BCUT2D eigenvalue weighted by molar-refractivity contribution is 0.102. The Morgan fingerprint density at radius 3 is 2.48 bits per heavy atom. The number of aromatic nitrogens is 2. The van der Waals surface area contributed by atoms with Gasteiger partial charge in [-0.25, -0.2) is 13.8 Å². The number of carbonyl (C=O) groups is 1. The Balaban J connectivity index is 2.41. The molecule has 0 saturated carbocycles. The number of benzene rings is 1. The maximum Gasteiger partial charge on any atom is 0.264 e. The highest BCUT2D eigenvalue weighted by molar-refractivity contribution is 6.04. The molecule has 1 aromatic heterocycles. The molecular formula is C16H17F2N3O2. The van der Waals surface area contributed by atoms with Gasteiger partial charge < -0.3 is 10.3 Å². The first-order chi connectivity index (χ1) is 10.6. The van der Waals surface area contributed by atoms with Crippen molar-refractivity contribution < 1.29 is 13.6 Å². The van der Waals surface area contributed by atoms with Gasteiger partial charge in [0.25, 0.3) is 11.5 Å². The molecule has 2 aromatic rings. The van der Waals surface area contributed by atoms with Crippen LogP contribution in [0.1, 0.15) is 42.6 Å². The van der Waals surface area contributed by atoms with E-state index in [1.807, 2.05) is 20.8 Å². The van der Waals surface area contributed by atoms with Crippen LogP contribution in [0.25, 0.3) is 0 Å². The maximum absolute atomic E-state index is 13.6. The molecule has 0 spiro atoms. The second-order valence-corrected chi connectivity index (χ2v) is 6.18. The summed E-state index contributed by atoms with van der Waals surface area (Å²) in [7, 11) is 0. The minimum Gasteiger partial charge on any atom is -0.319 e. The molecule has 1 amide bonds. The van der Waals surface area contributed by atoms with Gasteiger partial charge >= 0.3 is 0 Å². The van der Waals surface area contributed by atoms with Gasteiger partial charge in [-0.2, -0.15) is 0 Å². The van der Waals surface area contributed by atoms with Gasteiger partial charge in [-0.3, -0.25) is 9.59 Å². The van der Waals surface area contributed by atoms with E-state index >= 15 is 0 Å². The van der Waals surface area contributed by atoms with Crippen LogP contribution in [-0.4, -0.2) is 15.9 Å². The van der Waals surface area contributed by atoms with Crippen LogP contribution in [0.5, 0.6) is 0 Å². The van der Waals surface area contributed by atoms with E-state index in [1.165, 1.54) is 19.1 Å². The van der Waals surface area contributed by atoms with Gasteiger partial charge in [-0.05, 0) is 19.1 Å². The number of hydrogen-bond acceptors (Lipinski definition) is 3. The average Bonchev–Trinajstić information content (AvgIpc) is 2.42. The van der Waals surface area contributed by atoms with Gasteiger partial charge in [0, 0.05) is 5.41 Å². The number of nitrogens with one attached hydrogen (secondary N) is 2. The summed E-state index contributed by atoms with van der Waals surface area (Å²) < 4.78 is 26.8. The van der Waals surface area contributed by atoms with Crippen molar-refractivity contribution in [1.29, 1.82) is 0 Å². The molecule has 23 heavy (non-hydrogen) atoms. The molecule has 2 rings (SSSR count). The summed E-state index contributed by atoms with van der Waals surface area (Å²) in [5.74, 6) is -2.68. The van der Waals surface area contributed by atoms with E-state index in [1.54, 1.807) is 0 Å². The second kappa shape index (κ2) is 5.91. The number of amides is 1. The van der Waals surface area contributed by atoms with E-state index in [9.17, 15) is 18.4 Å². The molecule has 122 valence electrons. The Hall–Kier alpha value is -2.57. The minimum atomic E-state index is -1.19. The van der Waals surface area contributed by atoms with Crippen molar-refractivity contribution >= 4 is 11.6 Å². The summed E-state index contributed by atoms with van der Waals surface area (Å²) in [6, 6.07) is 3.39. The lowest BCUT2D eigenvalue weighted by Gasteiger charge is -2.18. The molecular weight excluding hydrogens is 304 g/mol. The Kier molecular flexibility index (Phi) is 4.31. The Labute approximate surface area is 131 Å². The van der Waals surface area contributed by atoms with Gasteiger partial charge in [0.15, 0.2) is 11.6 Å². The molecule has 0 aliphatic carbocycles. The van der Waals surface area contributed by atoms with E-state index in [0.29, 0.717) is 5.82 Å². The average molecular weight is 321 g/mol. The lowest BCUT2D eigenvalue weighted by Crippen LogP contribution is -2.30. The van der Waals surface area contributed by atoms with Gasteiger partial charge in [0.05, 0.1) is 11.4 Å². The summed E-state index contributed by atoms with van der Waals surface area (Å²) in [6.45, 7) is 7.12. The van der Waals surface area contributed by atoms with Crippen LogP contribution in [0.2, 0.25) is 0 Å². The number of aromatic amines is 1. The van der Waals surface area contributed by atoms with Gasteiger partial charge in [-0.15, -0.1) is 0 Å². The molecule has 0 fully saturated rings. The number of hydrogen-bond donors (Lipinski definition) is 2. The number of rotatable bonds is 2. The second-order valence-electron chi connectivity index (χ2n) is 6.18. The fourth-order valence-electron chi connectivity index (χ4n) is 1.99. The number of carbonyl (C=O) groups excluding carboxylic acids is 1. The smallest absolute Gasteiger partial charge is 0.264 e. The largest absolute Gasteiger partial charge is 0.319 e. The Morgan fingerprint density at radius 2 is 1.91 bits per heavy atom. The Bertz CT molecular complexity index is 823. The topological polar surface area (TPSA) is 74.8 Å². The van der Waals surface area contributed by atoms with Crippen molar-refractivity contribution in [2.24, 2.45) is 0 Å². The van der Waals surface area contributed by atoms with E-state index in [-0.39, 0.29) is 16.9 Å². The molecule has 0 atom stereocenters. The van der Waals surface area contributed by atoms with E-state index < -0.39 is 28.5 Å². The van der Waals surface area contributed by atoms with Crippen LogP contribution in [0.3, 0.4) is 0 Å². The zero-order valence-electron chi connectivity index (χ0n) is 13.3. The lowest BCUT2D eigenvalue weighted by atomic mass is 9.95. The Morgan fingerprint density at radius 1 is 1.26 bits per heavy atom. The summed E-state index contributed by atoms with van der Waals surface area (Å²) in [5, 5.41) is 2.19. The van der Waals surface area contributed by atoms with Crippen LogP contribution in [-0.2, 0) is 5.41 Å². The molecule has 0 radical (unpaired) electrons. The molecule has 2 N–H and O–H groups in total. The quantitative estimate of drug-likeness (QED) is 0.893. The van der Waals surface area contributed by atoms with Crippen LogP contribution in [0.15, 0.2) is 23.0 Å². The molecule has 0 bridgehead atoms. The minimum absolute atomic E-state index is 0.216. The van der Waals surface area contributed by atoms with Crippen LogP contribution >= 0.6 is 0 Å². The third-order valence-corrected chi connectivity index (χ3v) is 3.24. The molecule has 7 heteroatoms. The van der Waals surface area contributed by atoms with Crippen molar-refractivity contribution in [3.8, 4) is 0 Å². The predicted molar refractivity (Wildman–Crippen MR) is 82.6 cm³/mol. The summed E-state index contributed by atoms with van der Waals surface area (Å²) in [5.41, 5.74) is -1.38. The van der Waals surface area contributed by atoms with Crippen LogP contribution < -0.4 is 10.9 Å². The molecule has 1 aromatic carbocycles. The van der Waals surface area contributed by atoms with Crippen molar-refractivity contribution in [3.63, 3.8) is 0 Å². The molecule has 0 saturated heterocycles. The normalized spacial score (nSPS) is 11.4. The van der Waals surface area contributed by atoms with Crippen molar-refractivity contribution in [1.82, 2.24) is 9.97 Å². The third-order valence-electron chi connectivity index (χ3n) is 3.24. The fourth-order valence-corrected chi connectivity index (χ4v) is 1.99. The van der Waals surface area contributed by atoms with E-state index in [4.69, 9.17) is 0 Å². The highest BCUT2D eigenvalue weighted by atomic mass is 19.2. The summed E-state index contributed by atoms with van der Waals surface area (Å²) in [4.78, 5) is 31.2. The standard InChI is InChI=1S/C16H17F2N3O2/c1-8-11(14(23)21-15(19-8)16(2,3)4)13(22)20-10-7-5-6-9(17)12(10)18/h5-7H,1-4H3,(H,20,22)(H,19,21,23). The number of anilines is 1. The zero-order chi connectivity index (χ0) is 17.4. The number of halogens is 2. The number of H-pyrrole nitrogens is 1. The number of aryl methyl sites for hydroxylation is 1. The van der Waals surface area contributed by atoms with Crippen LogP contribution in [0, 0.1) is 18.6 Å². The van der Waals surface area contributed by atoms with E-state index in [2.05, 4.69) is 15.3 Å². The molecule has 0 aliphatic heterocycles. The van der Waals surface area contributed by atoms with Crippen molar-refractivity contribution in [3.05, 3.63) is 57.3 Å². The predicted octanol–water partition coefficient (Wildman–Crippen LogP) is 2.91. The third kappa shape index (κ3) is 3.44. The molecule has 5 nitrogen and oxygen atoms in total. The summed E-state index contributed by atoms with van der Waals surface area (Å²) >= 11 is 0. The fraction of sp³-hybridized carbons (Fsp3) is 0.312. The summed E-state index contributed by atoms with van der Waals surface area (Å²) in [6.07, 6.45) is 0. The maximum atomic E-state index is 13.6.